The molecule has 27 heavy (non-hydrogen) atoms. The van der Waals surface area contributed by atoms with Crippen LogP contribution in [0.2, 0.25) is 0 Å². The molecular weight excluding hydrogens is 369 g/mol. The van der Waals surface area contributed by atoms with E-state index in [4.69, 9.17) is 0 Å². The SMILES string of the molecule is C=C/C=C/n1cnc2c(sc3ncnc(NC)c32)c1=O.COC/C=C(\C)F. The summed E-state index contributed by atoms with van der Waals surface area (Å²) in [7, 11) is 3.30. The van der Waals surface area contributed by atoms with E-state index in [-0.39, 0.29) is 11.4 Å². The maximum absolute atomic E-state index is 12.4. The zero-order chi connectivity index (χ0) is 19.8. The van der Waals surface area contributed by atoms with Crippen LogP contribution in [0.4, 0.5) is 10.2 Å². The number of rotatable bonds is 5. The molecular formula is C18H20FN5O2S. The number of nitrogens with zero attached hydrogens (tertiary/aromatic N) is 4. The van der Waals surface area contributed by atoms with Crippen molar-refractivity contribution in [3.63, 3.8) is 0 Å². The lowest BCUT2D eigenvalue weighted by molar-refractivity contribution is 0.232. The highest BCUT2D eigenvalue weighted by atomic mass is 32.1. The molecule has 0 amide bonds. The lowest BCUT2D eigenvalue weighted by Gasteiger charge is -2.00. The number of hydrogen-bond donors (Lipinski definition) is 1. The third-order valence-corrected chi connectivity index (χ3v) is 4.43. The van der Waals surface area contributed by atoms with Gasteiger partial charge < -0.3 is 10.1 Å². The Bertz CT molecular complexity index is 1050. The summed E-state index contributed by atoms with van der Waals surface area (Å²) >= 11 is 1.32. The molecule has 1 N–H and O–H groups in total. The number of methoxy groups -OCH3 is 1. The normalized spacial score (nSPS) is 11.6. The summed E-state index contributed by atoms with van der Waals surface area (Å²) in [4.78, 5) is 25.8. The number of thiophene rings is 1. The molecule has 0 aliphatic carbocycles. The molecule has 0 bridgehead atoms. The van der Waals surface area contributed by atoms with Crippen LogP contribution in [-0.2, 0) is 4.74 Å². The summed E-state index contributed by atoms with van der Waals surface area (Å²) in [5.41, 5.74) is 0.501. The quantitative estimate of drug-likeness (QED) is 0.672. The first-order chi connectivity index (χ1) is 13.0. The molecule has 0 spiro atoms. The van der Waals surface area contributed by atoms with Crippen LogP contribution in [0.25, 0.3) is 26.6 Å². The second-order valence-corrected chi connectivity index (χ2v) is 6.21. The Hall–Kier alpha value is -2.91. The molecule has 0 aromatic carbocycles. The van der Waals surface area contributed by atoms with Crippen molar-refractivity contribution >= 4 is 43.8 Å². The molecule has 3 heterocycles. The first-order valence-corrected chi connectivity index (χ1v) is 8.77. The van der Waals surface area contributed by atoms with Crippen LogP contribution >= 0.6 is 11.3 Å². The van der Waals surface area contributed by atoms with E-state index in [1.165, 1.54) is 48.7 Å². The lowest BCUT2D eigenvalue weighted by atomic mass is 10.3. The molecule has 7 nitrogen and oxygen atoms in total. The third kappa shape index (κ3) is 4.83. The summed E-state index contributed by atoms with van der Waals surface area (Å²) in [6, 6.07) is 0. The average Bonchev–Trinajstić information content (AvgIpc) is 3.06. The van der Waals surface area contributed by atoms with Crippen LogP contribution in [0, 0.1) is 0 Å². The highest BCUT2D eigenvalue weighted by molar-refractivity contribution is 7.25. The molecule has 0 radical (unpaired) electrons. The summed E-state index contributed by atoms with van der Waals surface area (Å²) in [6.07, 6.45) is 9.24. The molecule has 0 aliphatic heterocycles. The average molecular weight is 389 g/mol. The molecule has 9 heteroatoms. The van der Waals surface area contributed by atoms with Gasteiger partial charge in [0.15, 0.2) is 0 Å². The van der Waals surface area contributed by atoms with Crippen molar-refractivity contribution in [3.05, 3.63) is 53.6 Å². The van der Waals surface area contributed by atoms with E-state index >= 15 is 0 Å². The van der Waals surface area contributed by atoms with Gasteiger partial charge in [0.1, 0.15) is 33.5 Å². The number of ether oxygens (including phenoxy) is 1. The summed E-state index contributed by atoms with van der Waals surface area (Å²) in [5.74, 6) is 0.481. The summed E-state index contributed by atoms with van der Waals surface area (Å²) in [6.45, 7) is 5.33. The fourth-order valence-electron chi connectivity index (χ4n) is 2.12. The fourth-order valence-corrected chi connectivity index (χ4v) is 3.16. The van der Waals surface area contributed by atoms with Gasteiger partial charge in [0.25, 0.3) is 5.56 Å². The van der Waals surface area contributed by atoms with Gasteiger partial charge in [-0.3, -0.25) is 9.36 Å². The highest BCUT2D eigenvalue weighted by Crippen LogP contribution is 2.32. The predicted molar refractivity (Wildman–Crippen MR) is 109 cm³/mol. The molecule has 3 aromatic rings. The molecule has 0 unspecified atom stereocenters. The number of fused-ring (bicyclic) bond motifs is 3. The minimum absolute atomic E-state index is 0.127. The van der Waals surface area contributed by atoms with Crippen LogP contribution < -0.4 is 10.9 Å². The van der Waals surface area contributed by atoms with E-state index < -0.39 is 0 Å². The Balaban J connectivity index is 0.000000321. The molecule has 3 aromatic heterocycles. The van der Waals surface area contributed by atoms with Crippen molar-refractivity contribution < 1.29 is 9.13 Å². The second-order valence-electron chi connectivity index (χ2n) is 5.21. The van der Waals surface area contributed by atoms with Crippen LogP contribution in [-0.4, -0.2) is 40.3 Å². The molecule has 0 saturated heterocycles. The predicted octanol–water partition coefficient (Wildman–Crippen LogP) is 3.61. The number of nitrogens with one attached hydrogen (secondary N) is 1. The molecule has 0 saturated carbocycles. The summed E-state index contributed by atoms with van der Waals surface area (Å²) in [5, 5.41) is 3.78. The molecule has 0 aliphatic rings. The Morgan fingerprint density at radius 2 is 2.22 bits per heavy atom. The first kappa shape index (κ1) is 20.4. The number of hydrogen-bond acceptors (Lipinski definition) is 7. The van der Waals surface area contributed by atoms with Gasteiger partial charge in [0, 0.05) is 20.4 Å². The fraction of sp³-hybridized carbons (Fsp3) is 0.222. The third-order valence-electron chi connectivity index (χ3n) is 3.35. The second kappa shape index (κ2) is 9.70. The largest absolute Gasteiger partial charge is 0.381 e. The van der Waals surface area contributed by atoms with Crippen molar-refractivity contribution in [1.82, 2.24) is 19.5 Å². The van der Waals surface area contributed by atoms with Crippen LogP contribution in [0.15, 0.2) is 48.1 Å². The number of aromatic nitrogens is 4. The van der Waals surface area contributed by atoms with E-state index in [1.54, 1.807) is 25.4 Å². The Kier molecular flexibility index (Phi) is 7.33. The van der Waals surface area contributed by atoms with E-state index in [2.05, 4.69) is 31.6 Å². The van der Waals surface area contributed by atoms with Crippen molar-refractivity contribution in [2.45, 2.75) is 6.92 Å². The lowest BCUT2D eigenvalue weighted by Crippen LogP contribution is -2.14. The van der Waals surface area contributed by atoms with E-state index in [1.807, 2.05) is 0 Å². The monoisotopic (exact) mass is 389 g/mol. The van der Waals surface area contributed by atoms with Crippen LogP contribution in [0.1, 0.15) is 6.92 Å². The number of halogens is 1. The topological polar surface area (TPSA) is 81.9 Å². The zero-order valence-electron chi connectivity index (χ0n) is 15.3. The van der Waals surface area contributed by atoms with Crippen molar-refractivity contribution in [2.24, 2.45) is 0 Å². The zero-order valence-corrected chi connectivity index (χ0v) is 16.1. The standard InChI is InChI=1S/C13H11N5OS.C5H9FO/c1-3-4-5-18-7-17-9-8-11(14-2)15-6-16-12(8)20-10(9)13(18)19;1-5(6)3-4-7-2/h3-7H,1H2,2H3,(H,14,15,16);3H,4H2,1-2H3/b5-4+;5-3+. The van der Waals surface area contributed by atoms with Gasteiger partial charge in [-0.2, -0.15) is 0 Å². The molecule has 142 valence electrons. The van der Waals surface area contributed by atoms with Gasteiger partial charge in [-0.25, -0.2) is 19.3 Å². The maximum atomic E-state index is 12.4. The van der Waals surface area contributed by atoms with Gasteiger partial charge >= 0.3 is 0 Å². The Labute approximate surface area is 159 Å². The minimum atomic E-state index is -0.193. The highest BCUT2D eigenvalue weighted by Gasteiger charge is 2.15. The Morgan fingerprint density at radius 1 is 1.44 bits per heavy atom. The first-order valence-electron chi connectivity index (χ1n) is 7.96. The summed E-state index contributed by atoms with van der Waals surface area (Å²) < 4.78 is 18.2. The van der Waals surface area contributed by atoms with Crippen molar-refractivity contribution in [1.29, 1.82) is 0 Å². The number of anilines is 1. The van der Waals surface area contributed by atoms with Crippen LogP contribution in [0.3, 0.4) is 0 Å². The molecule has 3 rings (SSSR count). The van der Waals surface area contributed by atoms with Gasteiger partial charge in [0.2, 0.25) is 0 Å². The van der Waals surface area contributed by atoms with E-state index in [0.29, 0.717) is 22.6 Å². The molecule has 0 atom stereocenters. The van der Waals surface area contributed by atoms with Gasteiger partial charge in [-0.15, -0.1) is 11.3 Å². The smallest absolute Gasteiger partial charge is 0.275 e. The van der Waals surface area contributed by atoms with E-state index in [9.17, 15) is 9.18 Å². The Morgan fingerprint density at radius 3 is 2.81 bits per heavy atom. The molecule has 0 fully saturated rings. The van der Waals surface area contributed by atoms with Gasteiger partial charge in [-0.05, 0) is 19.1 Å². The van der Waals surface area contributed by atoms with E-state index in [0.717, 1.165) is 10.2 Å². The van der Waals surface area contributed by atoms with Crippen LogP contribution in [0.5, 0.6) is 0 Å². The number of allylic oxidation sites excluding steroid dienone is 3. The van der Waals surface area contributed by atoms with Crippen molar-refractivity contribution in [2.75, 3.05) is 26.1 Å². The maximum Gasteiger partial charge on any atom is 0.275 e. The minimum Gasteiger partial charge on any atom is -0.381 e. The van der Waals surface area contributed by atoms with Gasteiger partial charge in [-0.1, -0.05) is 12.7 Å². The van der Waals surface area contributed by atoms with Crippen molar-refractivity contribution in [3.8, 4) is 0 Å². The van der Waals surface area contributed by atoms with Gasteiger partial charge in [0.05, 0.1) is 17.8 Å².